The molecule has 36 heavy (non-hydrogen) atoms. The van der Waals surface area contributed by atoms with Crippen molar-refractivity contribution in [1.29, 1.82) is 0 Å². The number of anilines is 1. The molecule has 4 rings (SSSR count). The summed E-state index contributed by atoms with van der Waals surface area (Å²) < 4.78 is 12.4. The molecular formula is C28H28N2O6. The van der Waals surface area contributed by atoms with Crippen molar-refractivity contribution >= 4 is 29.3 Å². The number of nitrogens with zero attached hydrogens (tertiary/aromatic N) is 2. The Kier molecular flexibility index (Phi) is 6.90. The highest BCUT2D eigenvalue weighted by atomic mass is 16.5. The third-order valence-corrected chi connectivity index (χ3v) is 6.46. The zero-order valence-electron chi connectivity index (χ0n) is 21.0. The molecule has 0 radical (unpaired) electrons. The molecule has 0 spiro atoms. The summed E-state index contributed by atoms with van der Waals surface area (Å²) in [6.45, 7) is 8.13. The number of aromatic nitrogens is 1. The summed E-state index contributed by atoms with van der Waals surface area (Å²) in [6.07, 6.45) is 0. The van der Waals surface area contributed by atoms with E-state index in [2.05, 4.69) is 0 Å². The fraction of sp³-hybridized carbons (Fsp3) is 0.286. The Morgan fingerprint density at radius 2 is 1.61 bits per heavy atom. The van der Waals surface area contributed by atoms with Crippen LogP contribution in [0.3, 0.4) is 0 Å². The highest BCUT2D eigenvalue weighted by molar-refractivity contribution is 6.35. The normalized spacial score (nSPS) is 12.8. The number of Topliss-reactive ketones (excluding diaryl/α,β-unsaturated/α-hetero) is 1. The van der Waals surface area contributed by atoms with Crippen molar-refractivity contribution in [2.24, 2.45) is 0 Å². The fourth-order valence-electron chi connectivity index (χ4n) is 4.45. The second-order valence-corrected chi connectivity index (χ2v) is 8.92. The second-order valence-electron chi connectivity index (χ2n) is 8.92. The van der Waals surface area contributed by atoms with Crippen molar-refractivity contribution in [3.8, 4) is 0 Å². The first kappa shape index (κ1) is 25.1. The van der Waals surface area contributed by atoms with Crippen LogP contribution >= 0.6 is 0 Å². The first-order chi connectivity index (χ1) is 17.1. The number of aryl methyl sites for hydroxylation is 3. The highest BCUT2D eigenvalue weighted by Gasteiger charge is 2.38. The maximum Gasteiger partial charge on any atom is 0.338 e. The van der Waals surface area contributed by atoms with Crippen LogP contribution in [-0.2, 0) is 16.0 Å². The van der Waals surface area contributed by atoms with Gasteiger partial charge in [-0.15, -0.1) is 0 Å². The number of esters is 1. The molecule has 0 unspecified atom stereocenters. The van der Waals surface area contributed by atoms with Crippen molar-refractivity contribution in [2.45, 2.75) is 34.2 Å². The second kappa shape index (κ2) is 9.91. The molecule has 0 bridgehead atoms. The van der Waals surface area contributed by atoms with E-state index >= 15 is 0 Å². The van der Waals surface area contributed by atoms with Crippen LogP contribution < -0.4 is 4.90 Å². The zero-order valence-corrected chi connectivity index (χ0v) is 21.0. The Labute approximate surface area is 209 Å². The molecule has 0 fully saturated rings. The molecule has 0 saturated heterocycles. The first-order valence-electron chi connectivity index (χ1n) is 11.6. The molecule has 2 amide bonds. The van der Waals surface area contributed by atoms with Gasteiger partial charge in [-0.25, -0.2) is 9.69 Å². The van der Waals surface area contributed by atoms with Gasteiger partial charge in [-0.05, 0) is 69.2 Å². The lowest BCUT2D eigenvalue weighted by molar-refractivity contribution is 0.0474. The number of hydrogen-bond donors (Lipinski definition) is 0. The Morgan fingerprint density at radius 1 is 0.889 bits per heavy atom. The number of carbonyl (C=O) groups excluding carboxylic acids is 4. The number of ether oxygens (including phenoxy) is 2. The first-order valence-corrected chi connectivity index (χ1v) is 11.6. The zero-order chi connectivity index (χ0) is 26.1. The predicted molar refractivity (Wildman–Crippen MR) is 134 cm³/mol. The number of carbonyl (C=O) groups is 4. The van der Waals surface area contributed by atoms with Crippen LogP contribution in [0.25, 0.3) is 0 Å². The summed E-state index contributed by atoms with van der Waals surface area (Å²) in [5, 5.41) is 0. The minimum Gasteiger partial charge on any atom is -0.454 e. The topological polar surface area (TPSA) is 94.9 Å². The van der Waals surface area contributed by atoms with E-state index in [1.54, 1.807) is 19.2 Å². The summed E-state index contributed by atoms with van der Waals surface area (Å²) in [7, 11) is 1.61. The SMILES string of the molecule is COCCn1c(C)cc(C(=O)COC(=O)c2ccc3c(c2)C(=O)N(c2cc(C)ccc2C)C3=O)c1C. The maximum absolute atomic E-state index is 13.1. The smallest absolute Gasteiger partial charge is 0.338 e. The van der Waals surface area contributed by atoms with Crippen molar-refractivity contribution in [3.05, 3.63) is 87.2 Å². The number of imide groups is 1. The van der Waals surface area contributed by atoms with E-state index in [9.17, 15) is 19.2 Å². The van der Waals surface area contributed by atoms with E-state index in [1.165, 1.54) is 18.2 Å². The largest absolute Gasteiger partial charge is 0.454 e. The summed E-state index contributed by atoms with van der Waals surface area (Å²) in [4.78, 5) is 52.7. The number of hydrogen-bond acceptors (Lipinski definition) is 6. The highest BCUT2D eigenvalue weighted by Crippen LogP contribution is 2.32. The number of rotatable bonds is 8. The molecular weight excluding hydrogens is 460 g/mol. The molecule has 0 saturated carbocycles. The van der Waals surface area contributed by atoms with Crippen LogP contribution in [0.2, 0.25) is 0 Å². The average Bonchev–Trinajstić information content (AvgIpc) is 3.28. The van der Waals surface area contributed by atoms with Gasteiger partial charge in [-0.2, -0.15) is 0 Å². The quantitative estimate of drug-likeness (QED) is 0.268. The van der Waals surface area contributed by atoms with Crippen LogP contribution in [0.1, 0.15) is 63.9 Å². The van der Waals surface area contributed by atoms with Gasteiger partial charge in [-0.3, -0.25) is 14.4 Å². The van der Waals surface area contributed by atoms with Gasteiger partial charge >= 0.3 is 5.97 Å². The lowest BCUT2D eigenvalue weighted by Crippen LogP contribution is -2.30. The molecule has 0 N–H and O–H groups in total. The minimum absolute atomic E-state index is 0.0936. The monoisotopic (exact) mass is 488 g/mol. The fourth-order valence-corrected chi connectivity index (χ4v) is 4.45. The van der Waals surface area contributed by atoms with Crippen molar-refractivity contribution in [3.63, 3.8) is 0 Å². The van der Waals surface area contributed by atoms with E-state index in [-0.39, 0.29) is 22.5 Å². The molecule has 8 heteroatoms. The van der Waals surface area contributed by atoms with Crippen LogP contribution in [-0.4, -0.2) is 48.5 Å². The van der Waals surface area contributed by atoms with Gasteiger partial charge in [-0.1, -0.05) is 12.1 Å². The third kappa shape index (κ3) is 4.47. The van der Waals surface area contributed by atoms with Crippen molar-refractivity contribution in [1.82, 2.24) is 4.57 Å². The molecule has 0 aliphatic carbocycles. The average molecular weight is 489 g/mol. The van der Waals surface area contributed by atoms with Crippen molar-refractivity contribution < 1.29 is 28.7 Å². The van der Waals surface area contributed by atoms with Gasteiger partial charge in [0.1, 0.15) is 0 Å². The molecule has 1 aliphatic rings. The number of methoxy groups -OCH3 is 1. The van der Waals surface area contributed by atoms with Gasteiger partial charge in [0.05, 0.1) is 29.0 Å². The summed E-state index contributed by atoms with van der Waals surface area (Å²) in [5.41, 5.74) is 4.83. The molecule has 186 valence electrons. The van der Waals surface area contributed by atoms with Gasteiger partial charge in [0, 0.05) is 30.6 Å². The summed E-state index contributed by atoms with van der Waals surface area (Å²) in [6, 6.07) is 11.5. The van der Waals surface area contributed by atoms with E-state index in [1.807, 2.05) is 44.4 Å². The van der Waals surface area contributed by atoms with Gasteiger partial charge in [0.15, 0.2) is 6.61 Å². The van der Waals surface area contributed by atoms with E-state index in [0.717, 1.165) is 27.4 Å². The van der Waals surface area contributed by atoms with Gasteiger partial charge in [0.2, 0.25) is 5.78 Å². The Hall–Kier alpha value is -4.04. The number of ketones is 1. The lowest BCUT2D eigenvalue weighted by atomic mass is 10.1. The summed E-state index contributed by atoms with van der Waals surface area (Å²) in [5.74, 6) is -2.01. The Bertz CT molecular complexity index is 1400. The van der Waals surface area contributed by atoms with E-state index in [0.29, 0.717) is 24.4 Å². The van der Waals surface area contributed by atoms with Crippen LogP contribution in [0.15, 0.2) is 42.5 Å². The molecule has 2 aromatic carbocycles. The standard InChI is InChI=1S/C28H28N2O6/c1-16-6-7-17(2)24(12-16)30-26(32)21-9-8-20(14-23(21)27(30)33)28(34)36-15-25(31)22-13-18(3)29(19(22)4)10-11-35-5/h6-9,12-14H,10-11,15H2,1-5H3. The molecule has 2 heterocycles. The van der Waals surface area contributed by atoms with Crippen LogP contribution in [0.4, 0.5) is 5.69 Å². The third-order valence-electron chi connectivity index (χ3n) is 6.46. The van der Waals surface area contributed by atoms with Crippen molar-refractivity contribution in [2.75, 3.05) is 25.2 Å². The maximum atomic E-state index is 13.1. The number of amides is 2. The van der Waals surface area contributed by atoms with E-state index < -0.39 is 24.4 Å². The lowest BCUT2D eigenvalue weighted by Gasteiger charge is -2.17. The molecule has 1 aliphatic heterocycles. The summed E-state index contributed by atoms with van der Waals surface area (Å²) >= 11 is 0. The van der Waals surface area contributed by atoms with Crippen LogP contribution in [0.5, 0.6) is 0 Å². The van der Waals surface area contributed by atoms with Gasteiger partial charge in [0.25, 0.3) is 11.8 Å². The Morgan fingerprint density at radius 3 is 2.33 bits per heavy atom. The molecule has 8 nitrogen and oxygen atoms in total. The molecule has 0 atom stereocenters. The molecule has 1 aromatic heterocycles. The number of benzene rings is 2. The molecule has 3 aromatic rings. The number of fused-ring (bicyclic) bond motifs is 1. The Balaban J connectivity index is 1.50. The van der Waals surface area contributed by atoms with Crippen LogP contribution in [0, 0.1) is 27.7 Å². The van der Waals surface area contributed by atoms with Gasteiger partial charge < -0.3 is 14.0 Å². The predicted octanol–water partition coefficient (Wildman–Crippen LogP) is 4.21. The minimum atomic E-state index is -0.746. The van der Waals surface area contributed by atoms with E-state index in [4.69, 9.17) is 9.47 Å².